The number of ketones is 1. The number of nitriles is 2. The summed E-state index contributed by atoms with van der Waals surface area (Å²) in [5.41, 5.74) is 0.434. The molecule has 1 saturated heterocycles. The van der Waals surface area contributed by atoms with E-state index in [-0.39, 0.29) is 29.8 Å². The quantitative estimate of drug-likeness (QED) is 0.531. The maximum Gasteiger partial charge on any atom is 0.185 e. The van der Waals surface area contributed by atoms with E-state index < -0.39 is 41.3 Å². The third-order valence-electron chi connectivity index (χ3n) is 5.93. The molecule has 1 aromatic carbocycles. The molecule has 1 N–H and O–H groups in total. The maximum atomic E-state index is 14.4. The van der Waals surface area contributed by atoms with Crippen LogP contribution in [0, 0.1) is 34.3 Å². The van der Waals surface area contributed by atoms with Gasteiger partial charge in [-0.1, -0.05) is 6.07 Å². The normalized spacial score (nSPS) is 19.5. The highest BCUT2D eigenvalue weighted by atomic mass is 19.1. The van der Waals surface area contributed by atoms with Gasteiger partial charge in [-0.05, 0) is 54.3 Å². The van der Waals surface area contributed by atoms with Gasteiger partial charge in [-0.15, -0.1) is 0 Å². The minimum Gasteiger partial charge on any atom is -0.390 e. The van der Waals surface area contributed by atoms with Gasteiger partial charge in [-0.2, -0.15) is 10.5 Å². The summed E-state index contributed by atoms with van der Waals surface area (Å²) in [6.45, 7) is 0. The molecule has 0 saturated carbocycles. The van der Waals surface area contributed by atoms with Crippen molar-refractivity contribution >= 4 is 5.78 Å². The van der Waals surface area contributed by atoms with Crippen LogP contribution in [0.1, 0.15) is 52.5 Å². The van der Waals surface area contributed by atoms with Gasteiger partial charge in [0.2, 0.25) is 0 Å². The predicted octanol–water partition coefficient (Wildman–Crippen LogP) is 4.21. The highest BCUT2D eigenvalue weighted by molar-refractivity contribution is 5.96. The standard InChI is InChI=1S/C26H20F2N4O3/c27-18-2-1-3-19(28)25(18)26-15(13-30)4-5-20(32-26)22(34)12-16-14-31-11-9-17(16)23-7-6-21(33)24(35-23)8-10-29/h1-5,9,11,14,21,23-24,33H,6-8,12H2/t21-,23+,24+/m0/s1. The van der Waals surface area contributed by atoms with E-state index in [4.69, 9.17) is 10.00 Å². The maximum absolute atomic E-state index is 14.4. The molecular formula is C26H20F2N4O3. The Labute approximate surface area is 200 Å². The van der Waals surface area contributed by atoms with Crippen LogP contribution < -0.4 is 0 Å². The van der Waals surface area contributed by atoms with Crippen LogP contribution in [0.5, 0.6) is 0 Å². The van der Waals surface area contributed by atoms with Gasteiger partial charge in [0.1, 0.15) is 23.4 Å². The van der Waals surface area contributed by atoms with Crippen molar-refractivity contribution in [3.8, 4) is 23.4 Å². The van der Waals surface area contributed by atoms with Crippen molar-refractivity contribution in [2.75, 3.05) is 0 Å². The highest BCUT2D eigenvalue weighted by Crippen LogP contribution is 2.34. The number of Topliss-reactive ketones (excluding diaryl/α,β-unsaturated/α-hetero) is 1. The fourth-order valence-corrected chi connectivity index (χ4v) is 4.16. The van der Waals surface area contributed by atoms with Crippen LogP contribution in [0.3, 0.4) is 0 Å². The summed E-state index contributed by atoms with van der Waals surface area (Å²) < 4.78 is 34.7. The van der Waals surface area contributed by atoms with Gasteiger partial charge in [0.25, 0.3) is 0 Å². The van der Waals surface area contributed by atoms with Gasteiger partial charge in [0.15, 0.2) is 5.78 Å². The zero-order valence-corrected chi connectivity index (χ0v) is 18.5. The molecule has 2 aromatic heterocycles. The minimum atomic E-state index is -0.892. The van der Waals surface area contributed by atoms with Gasteiger partial charge >= 0.3 is 0 Å². The molecule has 0 radical (unpaired) electrons. The number of hydrogen-bond donors (Lipinski definition) is 1. The molecule has 3 aromatic rings. The second kappa shape index (κ2) is 10.5. The van der Waals surface area contributed by atoms with E-state index in [0.717, 1.165) is 12.1 Å². The molecule has 176 valence electrons. The number of rotatable bonds is 6. The lowest BCUT2D eigenvalue weighted by Gasteiger charge is -2.33. The number of benzene rings is 1. The second-order valence-corrected chi connectivity index (χ2v) is 8.15. The van der Waals surface area contributed by atoms with Crippen LogP contribution in [-0.2, 0) is 11.2 Å². The molecule has 0 spiro atoms. The first kappa shape index (κ1) is 24.1. The van der Waals surface area contributed by atoms with Gasteiger partial charge in [-0.3, -0.25) is 9.78 Å². The summed E-state index contributed by atoms with van der Waals surface area (Å²) in [4.78, 5) is 21.4. The fourth-order valence-electron chi connectivity index (χ4n) is 4.16. The lowest BCUT2D eigenvalue weighted by Crippen LogP contribution is -2.35. The smallest absolute Gasteiger partial charge is 0.185 e. The van der Waals surface area contributed by atoms with E-state index in [0.29, 0.717) is 24.0 Å². The van der Waals surface area contributed by atoms with Crippen molar-refractivity contribution in [2.24, 2.45) is 0 Å². The van der Waals surface area contributed by atoms with E-state index in [2.05, 4.69) is 9.97 Å². The average Bonchev–Trinajstić information content (AvgIpc) is 2.86. The lowest BCUT2D eigenvalue weighted by atomic mass is 9.92. The molecule has 0 bridgehead atoms. The molecule has 9 heteroatoms. The van der Waals surface area contributed by atoms with Crippen molar-refractivity contribution in [3.05, 3.63) is 82.8 Å². The first-order chi connectivity index (χ1) is 16.9. The number of hydrogen-bond acceptors (Lipinski definition) is 7. The summed E-state index contributed by atoms with van der Waals surface area (Å²) in [5.74, 6) is -2.22. The molecule has 1 aliphatic rings. The SMILES string of the molecule is N#CC[C@H]1O[C@@H](c2ccncc2CC(=O)c2ccc(C#N)c(-c3c(F)cccc3F)n2)CC[C@@H]1O. The molecule has 1 aliphatic heterocycles. The van der Waals surface area contributed by atoms with Gasteiger partial charge in [0, 0.05) is 18.8 Å². The van der Waals surface area contributed by atoms with Crippen molar-refractivity contribution in [3.63, 3.8) is 0 Å². The Morgan fingerprint density at radius 2 is 1.91 bits per heavy atom. The van der Waals surface area contributed by atoms with Crippen LogP contribution in [0.25, 0.3) is 11.3 Å². The number of aromatic nitrogens is 2. The van der Waals surface area contributed by atoms with Crippen molar-refractivity contribution < 1.29 is 23.4 Å². The van der Waals surface area contributed by atoms with Gasteiger partial charge < -0.3 is 9.84 Å². The molecular weight excluding hydrogens is 454 g/mol. The topological polar surface area (TPSA) is 120 Å². The summed E-state index contributed by atoms with van der Waals surface area (Å²) in [7, 11) is 0. The summed E-state index contributed by atoms with van der Waals surface area (Å²) in [5, 5.41) is 28.5. The number of pyridine rings is 2. The summed E-state index contributed by atoms with van der Waals surface area (Å²) >= 11 is 0. The molecule has 35 heavy (non-hydrogen) atoms. The molecule has 0 aliphatic carbocycles. The zero-order chi connectivity index (χ0) is 24.9. The third-order valence-corrected chi connectivity index (χ3v) is 5.93. The Balaban J connectivity index is 1.64. The Hall–Kier alpha value is -4.05. The molecule has 7 nitrogen and oxygen atoms in total. The van der Waals surface area contributed by atoms with E-state index in [1.54, 1.807) is 12.3 Å². The van der Waals surface area contributed by atoms with Crippen LogP contribution in [0.2, 0.25) is 0 Å². The minimum absolute atomic E-state index is 0.0432. The monoisotopic (exact) mass is 474 g/mol. The number of aliphatic hydroxyl groups is 1. The Morgan fingerprint density at radius 1 is 1.14 bits per heavy atom. The fraction of sp³-hybridized carbons (Fsp3) is 0.269. The number of halogens is 2. The Bertz CT molecular complexity index is 1330. The molecule has 0 amide bonds. The number of aliphatic hydroxyl groups excluding tert-OH is 1. The third kappa shape index (κ3) is 5.07. The molecule has 3 atom stereocenters. The van der Waals surface area contributed by atoms with E-state index in [1.807, 2.05) is 12.1 Å². The molecule has 1 fully saturated rings. The summed E-state index contributed by atoms with van der Waals surface area (Å²) in [6, 6.07) is 11.5. The largest absolute Gasteiger partial charge is 0.390 e. The summed E-state index contributed by atoms with van der Waals surface area (Å²) in [6.07, 6.45) is 2.17. The van der Waals surface area contributed by atoms with E-state index >= 15 is 0 Å². The molecule has 3 heterocycles. The van der Waals surface area contributed by atoms with Crippen molar-refractivity contribution in [2.45, 2.75) is 44.0 Å². The Morgan fingerprint density at radius 3 is 2.63 bits per heavy atom. The van der Waals surface area contributed by atoms with Gasteiger partial charge in [0.05, 0.1) is 47.6 Å². The predicted molar refractivity (Wildman–Crippen MR) is 120 cm³/mol. The van der Waals surface area contributed by atoms with E-state index in [1.165, 1.54) is 24.4 Å². The second-order valence-electron chi connectivity index (χ2n) is 8.15. The van der Waals surface area contributed by atoms with Crippen LogP contribution in [-0.4, -0.2) is 33.1 Å². The molecule has 4 rings (SSSR count). The first-order valence-corrected chi connectivity index (χ1v) is 10.9. The average molecular weight is 474 g/mol. The van der Waals surface area contributed by atoms with Crippen molar-refractivity contribution in [1.82, 2.24) is 9.97 Å². The van der Waals surface area contributed by atoms with Crippen LogP contribution in [0.15, 0.2) is 48.8 Å². The number of ether oxygens (including phenoxy) is 1. The van der Waals surface area contributed by atoms with Gasteiger partial charge in [-0.25, -0.2) is 13.8 Å². The molecule has 0 unspecified atom stereocenters. The number of carbonyl (C=O) groups excluding carboxylic acids is 1. The number of carbonyl (C=O) groups is 1. The lowest BCUT2D eigenvalue weighted by molar-refractivity contribution is -0.116. The van der Waals surface area contributed by atoms with Crippen LogP contribution >= 0.6 is 0 Å². The Kier molecular flexibility index (Phi) is 7.21. The van der Waals surface area contributed by atoms with Crippen LogP contribution in [0.4, 0.5) is 8.78 Å². The van der Waals surface area contributed by atoms with E-state index in [9.17, 15) is 23.9 Å². The van der Waals surface area contributed by atoms with Crippen molar-refractivity contribution in [1.29, 1.82) is 10.5 Å². The number of nitrogens with zero attached hydrogens (tertiary/aromatic N) is 4. The first-order valence-electron chi connectivity index (χ1n) is 10.9. The highest BCUT2D eigenvalue weighted by Gasteiger charge is 2.32. The zero-order valence-electron chi connectivity index (χ0n) is 18.5.